The second-order valence-electron chi connectivity index (χ2n) is 4.45. The van der Waals surface area contributed by atoms with Gasteiger partial charge in [0.25, 0.3) is 13.4 Å². The van der Waals surface area contributed by atoms with E-state index in [1.165, 1.54) is 5.06 Å². The third-order valence-electron chi connectivity index (χ3n) is 2.94. The summed E-state index contributed by atoms with van der Waals surface area (Å²) >= 11 is 0. The molecule has 2 atom stereocenters. The summed E-state index contributed by atoms with van der Waals surface area (Å²) in [6.07, 6.45) is 7.87. The maximum atomic E-state index is 12.1. The smallest absolute Gasteiger partial charge is 0.280 e. The van der Waals surface area contributed by atoms with Crippen molar-refractivity contribution in [2.45, 2.75) is 38.3 Å². The van der Waals surface area contributed by atoms with Crippen molar-refractivity contribution < 1.29 is 19.1 Å². The fourth-order valence-corrected chi connectivity index (χ4v) is 3.37. The number of carbonyl (C=O) groups is 1. The number of nitrogens with zero attached hydrogens (tertiary/aromatic N) is 1. The minimum absolute atomic E-state index is 0.0335. The van der Waals surface area contributed by atoms with Gasteiger partial charge in [-0.15, -0.1) is 6.42 Å². The van der Waals surface area contributed by atoms with Gasteiger partial charge >= 0.3 is 0 Å². The van der Waals surface area contributed by atoms with E-state index in [0.717, 1.165) is 12.8 Å². The standard InChI is InChI=1S/C12H21N2O4P/c1-3-5-10-18-14-9-6-7-11(12(14)15)19(16,17)13-8-4-2/h2,11H,3,5-10H2,1H3,(H2,13,16,17). The van der Waals surface area contributed by atoms with E-state index < -0.39 is 19.1 Å². The molecule has 1 saturated heterocycles. The summed E-state index contributed by atoms with van der Waals surface area (Å²) in [6, 6.07) is 0. The van der Waals surface area contributed by atoms with Crippen LogP contribution < -0.4 is 5.09 Å². The first-order valence-corrected chi connectivity index (χ1v) is 8.21. The first kappa shape index (κ1) is 16.2. The van der Waals surface area contributed by atoms with Crippen molar-refractivity contribution in [3.8, 4) is 12.3 Å². The first-order chi connectivity index (χ1) is 9.03. The van der Waals surface area contributed by atoms with Crippen LogP contribution in [0.25, 0.3) is 0 Å². The molecular formula is C12H21N2O4P. The summed E-state index contributed by atoms with van der Waals surface area (Å²) in [4.78, 5) is 27.3. The maximum absolute atomic E-state index is 12.1. The summed E-state index contributed by atoms with van der Waals surface area (Å²) in [5, 5.41) is 3.58. The Morgan fingerprint density at radius 1 is 1.68 bits per heavy atom. The van der Waals surface area contributed by atoms with E-state index in [9.17, 15) is 14.3 Å². The Morgan fingerprint density at radius 3 is 3.05 bits per heavy atom. The fourth-order valence-electron chi connectivity index (χ4n) is 1.87. The summed E-state index contributed by atoms with van der Waals surface area (Å²) in [5.74, 6) is 1.80. The molecule has 108 valence electrons. The first-order valence-electron chi connectivity index (χ1n) is 6.48. The number of rotatable bonds is 7. The predicted octanol–water partition coefficient (Wildman–Crippen LogP) is 1.12. The molecule has 0 radical (unpaired) electrons. The van der Waals surface area contributed by atoms with Crippen LogP contribution in [0.4, 0.5) is 0 Å². The number of unbranched alkanes of at least 4 members (excludes halogenated alkanes) is 1. The number of hydrogen-bond acceptors (Lipinski definition) is 3. The van der Waals surface area contributed by atoms with E-state index in [0.29, 0.717) is 26.0 Å². The summed E-state index contributed by atoms with van der Waals surface area (Å²) in [5.41, 5.74) is -0.962. The lowest BCUT2D eigenvalue weighted by Crippen LogP contribution is -2.45. The van der Waals surface area contributed by atoms with Gasteiger partial charge in [-0.05, 0) is 19.3 Å². The average Bonchev–Trinajstić information content (AvgIpc) is 2.38. The van der Waals surface area contributed by atoms with E-state index in [4.69, 9.17) is 11.3 Å². The zero-order valence-corrected chi connectivity index (χ0v) is 12.1. The van der Waals surface area contributed by atoms with Gasteiger partial charge in [0.2, 0.25) is 0 Å². The third kappa shape index (κ3) is 4.63. The Labute approximate surface area is 114 Å². The zero-order chi connectivity index (χ0) is 14.3. The Hall–Kier alpha value is -0.860. The van der Waals surface area contributed by atoms with E-state index in [2.05, 4.69) is 11.0 Å². The number of amides is 1. The van der Waals surface area contributed by atoms with E-state index >= 15 is 0 Å². The molecule has 0 aliphatic carbocycles. The van der Waals surface area contributed by atoms with Crippen LogP contribution >= 0.6 is 7.52 Å². The molecule has 0 bridgehead atoms. The molecule has 0 spiro atoms. The second-order valence-corrected chi connectivity index (χ2v) is 6.63. The number of carbonyl (C=O) groups excluding carboxylic acids is 1. The molecule has 1 heterocycles. The third-order valence-corrected chi connectivity index (χ3v) is 4.88. The Bertz CT molecular complexity index is 394. The van der Waals surface area contributed by atoms with E-state index in [-0.39, 0.29) is 6.54 Å². The maximum Gasteiger partial charge on any atom is 0.280 e. The number of hydrogen-bond donors (Lipinski definition) is 2. The Kier molecular flexibility index (Phi) is 6.53. The van der Waals surface area contributed by atoms with Crippen LogP contribution in [0.5, 0.6) is 0 Å². The molecule has 0 aromatic rings. The van der Waals surface area contributed by atoms with Crippen LogP contribution in [-0.2, 0) is 14.2 Å². The average molecular weight is 288 g/mol. The van der Waals surface area contributed by atoms with Gasteiger partial charge in [-0.1, -0.05) is 19.3 Å². The highest BCUT2D eigenvalue weighted by Gasteiger charge is 2.41. The molecule has 1 aliphatic rings. The number of hydroxylamine groups is 2. The summed E-state index contributed by atoms with van der Waals surface area (Å²) in [6.45, 7) is 2.90. The molecule has 7 heteroatoms. The molecule has 1 rings (SSSR count). The summed E-state index contributed by atoms with van der Waals surface area (Å²) in [7, 11) is -3.78. The molecule has 0 aromatic carbocycles. The van der Waals surface area contributed by atoms with Crippen molar-refractivity contribution in [1.82, 2.24) is 10.2 Å². The van der Waals surface area contributed by atoms with Crippen molar-refractivity contribution in [3.05, 3.63) is 0 Å². The molecule has 1 aliphatic heterocycles. The molecule has 2 unspecified atom stereocenters. The lowest BCUT2D eigenvalue weighted by molar-refractivity contribution is -0.191. The lowest BCUT2D eigenvalue weighted by atomic mass is 10.1. The van der Waals surface area contributed by atoms with Gasteiger partial charge < -0.3 is 4.89 Å². The summed E-state index contributed by atoms with van der Waals surface area (Å²) < 4.78 is 12.1. The van der Waals surface area contributed by atoms with Crippen molar-refractivity contribution >= 4 is 13.4 Å². The van der Waals surface area contributed by atoms with Gasteiger partial charge in [-0.25, -0.2) is 10.2 Å². The van der Waals surface area contributed by atoms with E-state index in [1.807, 2.05) is 6.92 Å². The Balaban J connectivity index is 2.62. The van der Waals surface area contributed by atoms with Gasteiger partial charge in [0.05, 0.1) is 13.2 Å². The van der Waals surface area contributed by atoms with Gasteiger partial charge in [0.1, 0.15) is 5.66 Å². The molecule has 1 amide bonds. The normalized spacial score (nSPS) is 22.9. The topological polar surface area (TPSA) is 78.9 Å². The quantitative estimate of drug-likeness (QED) is 0.417. The van der Waals surface area contributed by atoms with Gasteiger partial charge in [-0.2, -0.15) is 0 Å². The molecule has 2 N–H and O–H groups in total. The highest BCUT2D eigenvalue weighted by Crippen LogP contribution is 2.46. The van der Waals surface area contributed by atoms with Gasteiger partial charge in [0, 0.05) is 6.54 Å². The Morgan fingerprint density at radius 2 is 2.42 bits per heavy atom. The molecule has 6 nitrogen and oxygen atoms in total. The number of terminal acetylenes is 1. The van der Waals surface area contributed by atoms with Gasteiger partial charge in [-0.3, -0.25) is 14.2 Å². The minimum atomic E-state index is -3.78. The van der Waals surface area contributed by atoms with E-state index in [1.54, 1.807) is 0 Å². The minimum Gasteiger partial charge on any atom is -0.333 e. The number of nitrogens with one attached hydrogen (secondary N) is 1. The lowest BCUT2D eigenvalue weighted by Gasteiger charge is -2.33. The molecule has 1 fully saturated rings. The largest absolute Gasteiger partial charge is 0.333 e. The van der Waals surface area contributed by atoms with Crippen LogP contribution in [0.2, 0.25) is 0 Å². The van der Waals surface area contributed by atoms with Crippen molar-refractivity contribution in [3.63, 3.8) is 0 Å². The van der Waals surface area contributed by atoms with Crippen molar-refractivity contribution in [2.24, 2.45) is 0 Å². The molecule has 19 heavy (non-hydrogen) atoms. The van der Waals surface area contributed by atoms with Crippen LogP contribution in [-0.4, -0.2) is 41.2 Å². The van der Waals surface area contributed by atoms with Crippen molar-refractivity contribution in [1.29, 1.82) is 0 Å². The molecule has 0 aromatic heterocycles. The predicted molar refractivity (Wildman–Crippen MR) is 72.3 cm³/mol. The highest BCUT2D eigenvalue weighted by atomic mass is 31.2. The van der Waals surface area contributed by atoms with Crippen LogP contribution in [0.15, 0.2) is 0 Å². The van der Waals surface area contributed by atoms with Crippen molar-refractivity contribution in [2.75, 3.05) is 19.7 Å². The monoisotopic (exact) mass is 288 g/mol. The zero-order valence-electron chi connectivity index (χ0n) is 11.2. The van der Waals surface area contributed by atoms with Gasteiger partial charge in [0.15, 0.2) is 0 Å². The molecular weight excluding hydrogens is 267 g/mol. The van der Waals surface area contributed by atoms with Crippen LogP contribution in [0.1, 0.15) is 32.6 Å². The SMILES string of the molecule is C#CCNP(=O)(O)C1CCCN(OCCCC)C1=O. The number of piperidine rings is 1. The highest BCUT2D eigenvalue weighted by molar-refractivity contribution is 7.57. The van der Waals surface area contributed by atoms with Crippen LogP contribution in [0, 0.1) is 12.3 Å². The molecule has 0 saturated carbocycles. The second kappa shape index (κ2) is 7.66. The fraction of sp³-hybridized carbons (Fsp3) is 0.750. The van der Waals surface area contributed by atoms with Crippen LogP contribution in [0.3, 0.4) is 0 Å².